The lowest BCUT2D eigenvalue weighted by Gasteiger charge is -1.88. The van der Waals surface area contributed by atoms with Gasteiger partial charge in [0.25, 0.3) is 0 Å². The molecule has 0 aliphatic rings. The van der Waals surface area contributed by atoms with Crippen LogP contribution in [-0.2, 0) is 0 Å². The van der Waals surface area contributed by atoms with Gasteiger partial charge in [-0.15, -0.1) is 11.3 Å². The molecular weight excluding hydrogens is 188 g/mol. The first-order valence-corrected chi connectivity index (χ1v) is 4.59. The Balaban J connectivity index is 3.03. The molecule has 0 atom stereocenters. The topological polar surface area (TPSA) is 56.0 Å². The minimum absolute atomic E-state index is 0.145. The van der Waals surface area contributed by atoms with Crippen LogP contribution in [0.4, 0.5) is 0 Å². The summed E-state index contributed by atoms with van der Waals surface area (Å²) >= 11 is 1.47. The van der Waals surface area contributed by atoms with Crippen LogP contribution >= 0.6 is 11.3 Å². The molecule has 0 saturated carbocycles. The number of nitrogens with zero attached hydrogens (tertiary/aromatic N) is 2. The summed E-state index contributed by atoms with van der Waals surface area (Å²) in [6.45, 7) is 5.22. The Hall–Kier alpha value is -1.23. The summed E-state index contributed by atoms with van der Waals surface area (Å²) in [4.78, 5) is 15.0. The van der Waals surface area contributed by atoms with E-state index in [0.717, 1.165) is 15.6 Å². The third kappa shape index (κ3) is 2.35. The molecule has 0 fully saturated rings. The summed E-state index contributed by atoms with van der Waals surface area (Å²) in [6, 6.07) is 0. The molecule has 1 aromatic rings. The molecule has 1 rings (SSSR count). The lowest BCUT2D eigenvalue weighted by atomic mass is 10.3. The molecule has 0 spiro atoms. The minimum atomic E-state index is -0.394. The van der Waals surface area contributed by atoms with Crippen molar-refractivity contribution in [2.45, 2.75) is 20.8 Å². The highest BCUT2D eigenvalue weighted by Crippen LogP contribution is 2.20. The van der Waals surface area contributed by atoms with Gasteiger partial charge in [0.15, 0.2) is 0 Å². The Kier molecular flexibility index (Phi) is 2.77. The standard InChI is InChI=1S/C8H10N2O2S/c1-5(10(11)12)4-8-6(2)9-7(3)13-8/h4H,1-3H3/b5-4+. The number of aromatic nitrogens is 1. The fourth-order valence-corrected chi connectivity index (χ4v) is 1.85. The quantitative estimate of drug-likeness (QED) is 0.541. The van der Waals surface area contributed by atoms with Crippen LogP contribution in [0.1, 0.15) is 22.5 Å². The molecular formula is C8H10N2O2S. The Labute approximate surface area is 80.1 Å². The van der Waals surface area contributed by atoms with Crippen molar-refractivity contribution < 1.29 is 4.92 Å². The van der Waals surface area contributed by atoms with Crippen molar-refractivity contribution in [1.29, 1.82) is 0 Å². The van der Waals surface area contributed by atoms with E-state index in [-0.39, 0.29) is 5.70 Å². The van der Waals surface area contributed by atoms with Gasteiger partial charge < -0.3 is 0 Å². The summed E-state index contributed by atoms with van der Waals surface area (Å²) in [7, 11) is 0. The van der Waals surface area contributed by atoms with Gasteiger partial charge in [0.05, 0.1) is 20.5 Å². The molecule has 0 bridgehead atoms. The van der Waals surface area contributed by atoms with Crippen molar-refractivity contribution in [3.8, 4) is 0 Å². The number of rotatable bonds is 2. The number of nitro groups is 1. The molecule has 70 valence electrons. The zero-order valence-electron chi connectivity index (χ0n) is 7.70. The summed E-state index contributed by atoms with van der Waals surface area (Å²) in [5, 5.41) is 11.3. The van der Waals surface area contributed by atoms with Gasteiger partial charge in [0.2, 0.25) is 5.70 Å². The minimum Gasteiger partial charge on any atom is -0.259 e. The Bertz CT molecular complexity index is 368. The molecule has 0 amide bonds. The van der Waals surface area contributed by atoms with Gasteiger partial charge in [0.1, 0.15) is 0 Å². The van der Waals surface area contributed by atoms with Gasteiger partial charge in [-0.1, -0.05) is 0 Å². The lowest BCUT2D eigenvalue weighted by Crippen LogP contribution is -1.92. The van der Waals surface area contributed by atoms with E-state index in [2.05, 4.69) is 4.98 Å². The Morgan fingerprint density at radius 2 is 2.23 bits per heavy atom. The number of thiazole rings is 1. The van der Waals surface area contributed by atoms with E-state index in [4.69, 9.17) is 0 Å². The second kappa shape index (κ2) is 3.66. The molecule has 0 aromatic carbocycles. The first-order chi connectivity index (χ1) is 6.00. The molecule has 0 aliphatic heterocycles. The Morgan fingerprint density at radius 3 is 2.62 bits per heavy atom. The van der Waals surface area contributed by atoms with Crippen LogP contribution < -0.4 is 0 Å². The first-order valence-electron chi connectivity index (χ1n) is 3.77. The third-order valence-corrected chi connectivity index (χ3v) is 2.59. The summed E-state index contributed by atoms with van der Waals surface area (Å²) < 4.78 is 0. The molecule has 4 nitrogen and oxygen atoms in total. The SMILES string of the molecule is C/C(=C\c1sc(C)nc1C)[N+](=O)[O-]. The fourth-order valence-electron chi connectivity index (χ4n) is 0.923. The number of hydrogen-bond donors (Lipinski definition) is 0. The highest BCUT2D eigenvalue weighted by atomic mass is 32.1. The molecule has 1 heterocycles. The molecule has 0 N–H and O–H groups in total. The van der Waals surface area contributed by atoms with Gasteiger partial charge in [-0.3, -0.25) is 10.1 Å². The molecule has 0 radical (unpaired) electrons. The van der Waals surface area contributed by atoms with E-state index in [0.29, 0.717) is 0 Å². The maximum Gasteiger partial charge on any atom is 0.244 e. The van der Waals surface area contributed by atoms with Gasteiger partial charge in [0, 0.05) is 13.0 Å². The van der Waals surface area contributed by atoms with E-state index in [1.54, 1.807) is 6.08 Å². The van der Waals surface area contributed by atoms with Crippen molar-refractivity contribution in [1.82, 2.24) is 4.98 Å². The van der Waals surface area contributed by atoms with E-state index in [9.17, 15) is 10.1 Å². The zero-order valence-corrected chi connectivity index (χ0v) is 8.51. The van der Waals surface area contributed by atoms with Crippen molar-refractivity contribution in [2.24, 2.45) is 0 Å². The van der Waals surface area contributed by atoms with E-state index in [1.807, 2.05) is 13.8 Å². The predicted octanol–water partition coefficient (Wildman–Crippen LogP) is 2.40. The van der Waals surface area contributed by atoms with Crippen LogP contribution in [0.25, 0.3) is 6.08 Å². The molecule has 0 unspecified atom stereocenters. The molecule has 0 aliphatic carbocycles. The largest absolute Gasteiger partial charge is 0.259 e. The summed E-state index contributed by atoms with van der Waals surface area (Å²) in [5.74, 6) is 0. The molecule has 1 aromatic heterocycles. The van der Waals surface area contributed by atoms with Crippen molar-refractivity contribution in [3.05, 3.63) is 31.4 Å². The average Bonchev–Trinajstić information content (AvgIpc) is 2.30. The molecule has 5 heteroatoms. The maximum absolute atomic E-state index is 10.3. The van der Waals surface area contributed by atoms with E-state index >= 15 is 0 Å². The Morgan fingerprint density at radius 1 is 1.62 bits per heavy atom. The smallest absolute Gasteiger partial charge is 0.244 e. The summed E-state index contributed by atoms with van der Waals surface area (Å²) in [6.07, 6.45) is 1.56. The second-order valence-electron chi connectivity index (χ2n) is 2.73. The van der Waals surface area contributed by atoms with Crippen LogP contribution in [0.2, 0.25) is 0 Å². The second-order valence-corrected chi connectivity index (χ2v) is 3.96. The maximum atomic E-state index is 10.3. The fraction of sp³-hybridized carbons (Fsp3) is 0.375. The predicted molar refractivity (Wildman–Crippen MR) is 52.2 cm³/mol. The molecule has 13 heavy (non-hydrogen) atoms. The average molecular weight is 198 g/mol. The van der Waals surface area contributed by atoms with Gasteiger partial charge in [-0.25, -0.2) is 4.98 Å². The van der Waals surface area contributed by atoms with Crippen molar-refractivity contribution in [3.63, 3.8) is 0 Å². The number of hydrogen-bond acceptors (Lipinski definition) is 4. The van der Waals surface area contributed by atoms with E-state index in [1.165, 1.54) is 18.3 Å². The van der Waals surface area contributed by atoms with Crippen LogP contribution in [0, 0.1) is 24.0 Å². The lowest BCUT2D eigenvalue weighted by molar-refractivity contribution is -0.422. The monoisotopic (exact) mass is 198 g/mol. The van der Waals surface area contributed by atoms with E-state index < -0.39 is 4.92 Å². The highest BCUT2D eigenvalue weighted by Gasteiger charge is 2.07. The van der Waals surface area contributed by atoms with Crippen LogP contribution in [0.5, 0.6) is 0 Å². The molecule has 0 saturated heterocycles. The van der Waals surface area contributed by atoms with Crippen LogP contribution in [0.15, 0.2) is 5.70 Å². The van der Waals surface area contributed by atoms with Crippen LogP contribution in [0.3, 0.4) is 0 Å². The highest BCUT2D eigenvalue weighted by molar-refractivity contribution is 7.12. The zero-order chi connectivity index (χ0) is 10.0. The van der Waals surface area contributed by atoms with Gasteiger partial charge in [-0.05, 0) is 13.8 Å². The van der Waals surface area contributed by atoms with Crippen molar-refractivity contribution >= 4 is 17.4 Å². The number of allylic oxidation sites excluding steroid dienone is 1. The summed E-state index contributed by atoms with van der Waals surface area (Å²) in [5.41, 5.74) is 0.996. The third-order valence-electron chi connectivity index (χ3n) is 1.57. The van der Waals surface area contributed by atoms with Gasteiger partial charge in [-0.2, -0.15) is 0 Å². The van der Waals surface area contributed by atoms with Crippen LogP contribution in [-0.4, -0.2) is 9.91 Å². The normalized spacial score (nSPS) is 11.8. The van der Waals surface area contributed by atoms with Gasteiger partial charge >= 0.3 is 0 Å². The first kappa shape index (κ1) is 9.85. The van der Waals surface area contributed by atoms with Crippen molar-refractivity contribution in [2.75, 3.05) is 0 Å². The number of aryl methyl sites for hydroxylation is 2.